The predicted octanol–water partition coefficient (Wildman–Crippen LogP) is 2.50. The van der Waals surface area contributed by atoms with Crippen LogP contribution in [0, 0.1) is 0 Å². The number of benzene rings is 2. The Hall–Kier alpha value is -2.24. The molecule has 2 aromatic rings. The van der Waals surface area contributed by atoms with Crippen LogP contribution in [0.5, 0.6) is 5.75 Å². The topological polar surface area (TPSA) is 97.0 Å². The number of ether oxygens (including phenoxy) is 2. The lowest BCUT2D eigenvalue weighted by molar-refractivity contribution is 0.0730. The minimum atomic E-state index is -3.57. The highest BCUT2D eigenvalue weighted by Gasteiger charge is 2.26. The summed E-state index contributed by atoms with van der Waals surface area (Å²) in [6, 6.07) is 10.8. The minimum absolute atomic E-state index is 0.0655. The molecule has 0 radical (unpaired) electrons. The van der Waals surface area contributed by atoms with Crippen molar-refractivity contribution in [3.05, 3.63) is 53.1 Å². The molecule has 1 aliphatic rings. The van der Waals surface area contributed by atoms with Gasteiger partial charge in [-0.15, -0.1) is 0 Å². The number of carbonyl (C=O) groups excluding carboxylic acids is 1. The molecule has 30 heavy (non-hydrogen) atoms. The van der Waals surface area contributed by atoms with E-state index in [0.717, 1.165) is 0 Å². The summed E-state index contributed by atoms with van der Waals surface area (Å²) in [6.07, 6.45) is 0. The first-order chi connectivity index (χ1) is 14.3. The number of carbonyl (C=O) groups is 1. The van der Waals surface area contributed by atoms with E-state index in [-0.39, 0.29) is 10.0 Å². The lowest BCUT2D eigenvalue weighted by Crippen LogP contribution is -2.40. The molecule has 0 saturated carbocycles. The van der Waals surface area contributed by atoms with Gasteiger partial charge in [-0.2, -0.15) is 4.31 Å². The van der Waals surface area contributed by atoms with Crippen molar-refractivity contribution in [1.29, 1.82) is 0 Å². The second kappa shape index (κ2) is 9.71. The molecule has 2 aromatic carbocycles. The molecule has 1 aliphatic heterocycles. The first kappa shape index (κ1) is 22.4. The van der Waals surface area contributed by atoms with Crippen LogP contribution >= 0.6 is 23.8 Å². The fourth-order valence-electron chi connectivity index (χ4n) is 2.79. The normalized spacial score (nSPS) is 14.7. The van der Waals surface area contributed by atoms with Crippen molar-refractivity contribution in [2.75, 3.05) is 38.7 Å². The maximum Gasteiger partial charge on any atom is 0.257 e. The van der Waals surface area contributed by atoms with E-state index in [0.29, 0.717) is 48.3 Å². The van der Waals surface area contributed by atoms with E-state index in [1.54, 1.807) is 24.3 Å². The molecule has 11 heteroatoms. The Morgan fingerprint density at radius 3 is 2.43 bits per heavy atom. The minimum Gasteiger partial charge on any atom is -0.495 e. The van der Waals surface area contributed by atoms with Crippen molar-refractivity contribution in [2.24, 2.45) is 0 Å². The number of amides is 1. The Bertz CT molecular complexity index is 1040. The van der Waals surface area contributed by atoms with E-state index in [1.165, 1.54) is 29.6 Å². The molecule has 1 heterocycles. The smallest absolute Gasteiger partial charge is 0.257 e. The lowest BCUT2D eigenvalue weighted by Gasteiger charge is -2.26. The van der Waals surface area contributed by atoms with Gasteiger partial charge in [-0.25, -0.2) is 8.42 Å². The molecule has 3 rings (SSSR count). The molecule has 8 nitrogen and oxygen atoms in total. The van der Waals surface area contributed by atoms with E-state index in [2.05, 4.69) is 10.6 Å². The van der Waals surface area contributed by atoms with Gasteiger partial charge in [0.15, 0.2) is 5.11 Å². The van der Waals surface area contributed by atoms with Crippen LogP contribution in [0.4, 0.5) is 5.69 Å². The summed E-state index contributed by atoms with van der Waals surface area (Å²) < 4.78 is 36.9. The third-order valence-corrected chi connectivity index (χ3v) is 6.77. The SMILES string of the molecule is COc1ccc(C(=O)NC(=S)Nc2ccc(S(=O)(=O)N3CCOCC3)cc2)cc1Cl. The van der Waals surface area contributed by atoms with Gasteiger partial charge in [-0.05, 0) is 54.7 Å². The zero-order chi connectivity index (χ0) is 21.7. The zero-order valence-corrected chi connectivity index (χ0v) is 18.4. The summed E-state index contributed by atoms with van der Waals surface area (Å²) >= 11 is 11.2. The van der Waals surface area contributed by atoms with Crippen LogP contribution in [0.1, 0.15) is 10.4 Å². The van der Waals surface area contributed by atoms with Crippen LogP contribution in [-0.2, 0) is 14.8 Å². The number of rotatable bonds is 5. The van der Waals surface area contributed by atoms with Crippen molar-refractivity contribution in [3.63, 3.8) is 0 Å². The van der Waals surface area contributed by atoms with Crippen LogP contribution in [0.25, 0.3) is 0 Å². The monoisotopic (exact) mass is 469 g/mol. The maximum absolute atomic E-state index is 12.6. The fourth-order valence-corrected chi connectivity index (χ4v) is 4.67. The highest BCUT2D eigenvalue weighted by atomic mass is 35.5. The molecule has 0 bridgehead atoms. The molecule has 0 aromatic heterocycles. The van der Waals surface area contributed by atoms with Gasteiger partial charge < -0.3 is 14.8 Å². The number of sulfonamides is 1. The number of thiocarbonyl (C=S) groups is 1. The quantitative estimate of drug-likeness (QED) is 0.649. The Morgan fingerprint density at radius 2 is 1.83 bits per heavy atom. The summed E-state index contributed by atoms with van der Waals surface area (Å²) in [7, 11) is -2.09. The Morgan fingerprint density at radius 1 is 1.17 bits per heavy atom. The van der Waals surface area contributed by atoms with Gasteiger partial charge >= 0.3 is 0 Å². The first-order valence-corrected chi connectivity index (χ1v) is 11.2. The molecule has 0 unspecified atom stereocenters. The summed E-state index contributed by atoms with van der Waals surface area (Å²) in [6.45, 7) is 1.42. The average molecular weight is 470 g/mol. The zero-order valence-electron chi connectivity index (χ0n) is 16.1. The van der Waals surface area contributed by atoms with Crippen molar-refractivity contribution in [2.45, 2.75) is 4.90 Å². The molecule has 1 amide bonds. The average Bonchev–Trinajstić information content (AvgIpc) is 2.74. The third-order valence-electron chi connectivity index (χ3n) is 4.36. The molecule has 2 N–H and O–H groups in total. The van der Waals surface area contributed by atoms with Gasteiger partial charge in [0.05, 0.1) is 30.2 Å². The fraction of sp³-hybridized carbons (Fsp3) is 0.263. The number of hydrogen-bond acceptors (Lipinski definition) is 6. The number of nitrogens with zero attached hydrogens (tertiary/aromatic N) is 1. The Labute approximate surface area is 185 Å². The van der Waals surface area contributed by atoms with Crippen molar-refractivity contribution >= 4 is 50.5 Å². The van der Waals surface area contributed by atoms with Gasteiger partial charge in [0, 0.05) is 24.3 Å². The van der Waals surface area contributed by atoms with E-state index < -0.39 is 15.9 Å². The molecular weight excluding hydrogens is 450 g/mol. The lowest BCUT2D eigenvalue weighted by atomic mass is 10.2. The molecule has 1 fully saturated rings. The number of nitrogens with one attached hydrogen (secondary N) is 2. The van der Waals surface area contributed by atoms with Crippen LogP contribution in [0.3, 0.4) is 0 Å². The highest BCUT2D eigenvalue weighted by molar-refractivity contribution is 7.89. The first-order valence-electron chi connectivity index (χ1n) is 8.95. The van der Waals surface area contributed by atoms with Crippen molar-refractivity contribution in [1.82, 2.24) is 9.62 Å². The maximum atomic E-state index is 12.6. The number of halogens is 1. The Balaban J connectivity index is 1.61. The van der Waals surface area contributed by atoms with E-state index in [4.69, 9.17) is 33.3 Å². The van der Waals surface area contributed by atoms with Crippen LogP contribution in [0.15, 0.2) is 47.4 Å². The predicted molar refractivity (Wildman–Crippen MR) is 118 cm³/mol. The van der Waals surface area contributed by atoms with Gasteiger partial charge in [0.1, 0.15) is 5.75 Å². The summed E-state index contributed by atoms with van der Waals surface area (Å²) in [4.78, 5) is 12.5. The molecule has 160 valence electrons. The molecule has 0 aliphatic carbocycles. The standard InChI is InChI=1S/C19H20ClN3O5S2/c1-27-17-7-2-13(12-16(17)20)18(24)22-19(29)21-14-3-5-15(6-4-14)30(25,26)23-8-10-28-11-9-23/h2-7,12H,8-11H2,1H3,(H2,21,22,24,29). The largest absolute Gasteiger partial charge is 0.495 e. The molecule has 0 atom stereocenters. The van der Waals surface area contributed by atoms with Gasteiger partial charge in [-0.1, -0.05) is 11.6 Å². The molecular formula is C19H20ClN3O5S2. The number of morpholine rings is 1. The van der Waals surface area contributed by atoms with Crippen LogP contribution in [0.2, 0.25) is 5.02 Å². The highest BCUT2D eigenvalue weighted by Crippen LogP contribution is 2.25. The third kappa shape index (κ3) is 5.27. The number of hydrogen-bond donors (Lipinski definition) is 2. The van der Waals surface area contributed by atoms with E-state index in [9.17, 15) is 13.2 Å². The van der Waals surface area contributed by atoms with Crippen LogP contribution < -0.4 is 15.4 Å². The van der Waals surface area contributed by atoms with Gasteiger partial charge in [0.2, 0.25) is 10.0 Å². The number of anilines is 1. The van der Waals surface area contributed by atoms with Crippen LogP contribution in [-0.4, -0.2) is 57.2 Å². The van der Waals surface area contributed by atoms with E-state index >= 15 is 0 Å². The Kier molecular flexibility index (Phi) is 7.27. The van der Waals surface area contributed by atoms with Gasteiger partial charge in [-0.3, -0.25) is 10.1 Å². The van der Waals surface area contributed by atoms with E-state index in [1.807, 2.05) is 0 Å². The summed E-state index contributed by atoms with van der Waals surface area (Å²) in [5.41, 5.74) is 0.853. The van der Waals surface area contributed by atoms with Crippen molar-refractivity contribution in [3.8, 4) is 5.75 Å². The van der Waals surface area contributed by atoms with Crippen molar-refractivity contribution < 1.29 is 22.7 Å². The second-order valence-electron chi connectivity index (χ2n) is 6.30. The summed E-state index contributed by atoms with van der Waals surface area (Å²) in [5.74, 6) is 0.0182. The number of methoxy groups -OCH3 is 1. The second-order valence-corrected chi connectivity index (χ2v) is 9.05. The molecule has 1 saturated heterocycles. The van der Waals surface area contributed by atoms with Gasteiger partial charge in [0.25, 0.3) is 5.91 Å². The molecule has 0 spiro atoms. The summed E-state index contributed by atoms with van der Waals surface area (Å²) in [5, 5.41) is 5.77.